The van der Waals surface area contributed by atoms with Crippen molar-refractivity contribution in [1.82, 2.24) is 19.5 Å². The highest BCUT2D eigenvalue weighted by atomic mass is 35.5. The first-order valence-electron chi connectivity index (χ1n) is 9.41. The Hall–Kier alpha value is -2.35. The number of pyridine rings is 2. The average molecular weight is 401 g/mol. The molecule has 4 N–H and O–H groups in total. The quantitative estimate of drug-likeness (QED) is 0.516. The molecular weight excluding hydrogens is 376 g/mol. The number of aromatic nitrogens is 3. The molecule has 0 spiro atoms. The zero-order valence-electron chi connectivity index (χ0n) is 16.2. The predicted molar refractivity (Wildman–Crippen MR) is 112 cm³/mol. The Labute approximate surface area is 168 Å². The molecule has 0 radical (unpaired) electrons. The summed E-state index contributed by atoms with van der Waals surface area (Å²) < 4.78 is 7.79. The fraction of sp³-hybridized carbons (Fsp3) is 0.400. The molecule has 8 heteroatoms. The molecule has 1 fully saturated rings. The smallest absolute Gasteiger partial charge is 0.0976 e. The first-order chi connectivity index (χ1) is 13.5. The Kier molecular flexibility index (Phi) is 5.14. The molecule has 0 unspecified atom stereocenters. The number of hydrazine groups is 1. The lowest BCUT2D eigenvalue weighted by molar-refractivity contribution is 0.0620. The Morgan fingerprint density at radius 2 is 2.07 bits per heavy atom. The van der Waals surface area contributed by atoms with Gasteiger partial charge in [-0.25, -0.2) is 5.84 Å². The standard InChI is InChI=1S/C20H25ClN6O/c1-12(22)19(26(2)23)14-7-17-18(25-8-14)15-9-24-10-16(21)20(15)27(17)11-13-3-5-28-6-4-13/h7-10,13H,3-6,11,22-23H2,1-2H3/b19-12-. The first-order valence-corrected chi connectivity index (χ1v) is 9.79. The van der Waals surface area contributed by atoms with Gasteiger partial charge in [0, 0.05) is 62.0 Å². The summed E-state index contributed by atoms with van der Waals surface area (Å²) in [6.45, 7) is 4.30. The molecule has 0 amide bonds. The van der Waals surface area contributed by atoms with Crippen LogP contribution in [0.25, 0.3) is 27.6 Å². The lowest BCUT2D eigenvalue weighted by Crippen LogP contribution is -2.26. The van der Waals surface area contributed by atoms with Gasteiger partial charge >= 0.3 is 0 Å². The fourth-order valence-corrected chi connectivity index (χ4v) is 4.34. The number of hydrogen-bond acceptors (Lipinski definition) is 6. The number of rotatable bonds is 4. The third-order valence-electron chi connectivity index (χ3n) is 5.34. The van der Waals surface area contributed by atoms with Gasteiger partial charge in [-0.1, -0.05) is 11.6 Å². The van der Waals surface area contributed by atoms with Gasteiger partial charge in [-0.05, 0) is 31.7 Å². The number of nitrogens with zero attached hydrogens (tertiary/aromatic N) is 4. The van der Waals surface area contributed by atoms with Crippen LogP contribution in [0, 0.1) is 5.92 Å². The second-order valence-corrected chi connectivity index (χ2v) is 7.83. The highest BCUT2D eigenvalue weighted by molar-refractivity contribution is 6.36. The van der Waals surface area contributed by atoms with E-state index in [0.717, 1.165) is 65.8 Å². The number of nitrogens with two attached hydrogens (primary N) is 2. The van der Waals surface area contributed by atoms with E-state index in [2.05, 4.69) is 15.6 Å². The molecule has 0 atom stereocenters. The number of halogens is 1. The Morgan fingerprint density at radius 3 is 2.75 bits per heavy atom. The lowest BCUT2D eigenvalue weighted by atomic mass is 10.0. The normalized spacial score (nSPS) is 16.6. The van der Waals surface area contributed by atoms with Crippen molar-refractivity contribution in [3.8, 4) is 0 Å². The third kappa shape index (κ3) is 3.30. The summed E-state index contributed by atoms with van der Waals surface area (Å²) in [4.78, 5) is 9.01. The van der Waals surface area contributed by atoms with Gasteiger partial charge in [-0.3, -0.25) is 9.97 Å². The lowest BCUT2D eigenvalue weighted by Gasteiger charge is -2.23. The molecule has 1 saturated heterocycles. The van der Waals surface area contributed by atoms with Crippen molar-refractivity contribution in [3.05, 3.63) is 40.9 Å². The summed E-state index contributed by atoms with van der Waals surface area (Å²) in [5.74, 6) is 6.55. The van der Waals surface area contributed by atoms with Gasteiger partial charge in [0.15, 0.2) is 0 Å². The molecule has 4 heterocycles. The maximum atomic E-state index is 6.56. The van der Waals surface area contributed by atoms with Gasteiger partial charge in [-0.2, -0.15) is 0 Å². The molecule has 0 aliphatic carbocycles. The number of ether oxygens (including phenoxy) is 1. The molecular formula is C20H25ClN6O. The minimum Gasteiger partial charge on any atom is -0.401 e. The van der Waals surface area contributed by atoms with Crippen LogP contribution in [0.5, 0.6) is 0 Å². The van der Waals surface area contributed by atoms with E-state index in [1.807, 2.05) is 13.1 Å². The number of fused-ring (bicyclic) bond motifs is 3. The average Bonchev–Trinajstić information content (AvgIpc) is 2.97. The summed E-state index contributed by atoms with van der Waals surface area (Å²) >= 11 is 6.56. The predicted octanol–water partition coefficient (Wildman–Crippen LogP) is 3.12. The van der Waals surface area contributed by atoms with Gasteiger partial charge in [-0.15, -0.1) is 0 Å². The first kappa shape index (κ1) is 19.0. The molecule has 0 saturated carbocycles. The van der Waals surface area contributed by atoms with E-state index in [-0.39, 0.29) is 0 Å². The summed E-state index contributed by atoms with van der Waals surface area (Å²) in [6, 6.07) is 2.09. The van der Waals surface area contributed by atoms with E-state index in [1.54, 1.807) is 19.4 Å². The molecule has 3 aromatic rings. The van der Waals surface area contributed by atoms with Crippen molar-refractivity contribution in [2.45, 2.75) is 26.3 Å². The van der Waals surface area contributed by atoms with Crippen LogP contribution in [0.15, 0.2) is 30.4 Å². The molecule has 28 heavy (non-hydrogen) atoms. The summed E-state index contributed by atoms with van der Waals surface area (Å²) in [7, 11) is 1.77. The van der Waals surface area contributed by atoms with Crippen LogP contribution in [-0.4, -0.2) is 39.8 Å². The third-order valence-corrected chi connectivity index (χ3v) is 5.61. The largest absolute Gasteiger partial charge is 0.401 e. The van der Waals surface area contributed by atoms with Crippen LogP contribution in [-0.2, 0) is 11.3 Å². The summed E-state index contributed by atoms with van der Waals surface area (Å²) in [5, 5.41) is 3.11. The Bertz CT molecular complexity index is 1050. The maximum absolute atomic E-state index is 6.56. The van der Waals surface area contributed by atoms with Crippen molar-refractivity contribution >= 4 is 39.2 Å². The van der Waals surface area contributed by atoms with Crippen molar-refractivity contribution in [2.75, 3.05) is 20.3 Å². The highest BCUT2D eigenvalue weighted by Crippen LogP contribution is 2.34. The molecule has 4 rings (SSSR count). The van der Waals surface area contributed by atoms with Crippen molar-refractivity contribution in [3.63, 3.8) is 0 Å². The van der Waals surface area contributed by atoms with Crippen molar-refractivity contribution in [2.24, 2.45) is 17.5 Å². The Balaban J connectivity index is 1.94. The fourth-order valence-electron chi connectivity index (χ4n) is 4.08. The van der Waals surface area contributed by atoms with Crippen LogP contribution in [0.3, 0.4) is 0 Å². The van der Waals surface area contributed by atoms with Crippen LogP contribution >= 0.6 is 11.6 Å². The topological polar surface area (TPSA) is 95.2 Å². The van der Waals surface area contributed by atoms with Gasteiger partial charge in [0.25, 0.3) is 0 Å². The van der Waals surface area contributed by atoms with E-state index >= 15 is 0 Å². The summed E-state index contributed by atoms with van der Waals surface area (Å²) in [5.41, 5.74) is 11.2. The Morgan fingerprint density at radius 1 is 1.32 bits per heavy atom. The molecule has 1 aliphatic heterocycles. The minimum atomic E-state index is 0.531. The molecule has 3 aromatic heterocycles. The second-order valence-electron chi connectivity index (χ2n) is 7.42. The minimum absolute atomic E-state index is 0.531. The zero-order chi connectivity index (χ0) is 19.8. The van der Waals surface area contributed by atoms with Gasteiger partial charge in [0.1, 0.15) is 0 Å². The van der Waals surface area contributed by atoms with Crippen LogP contribution < -0.4 is 11.6 Å². The molecule has 148 valence electrons. The molecule has 7 nitrogen and oxygen atoms in total. The number of hydrogen-bond donors (Lipinski definition) is 2. The van der Waals surface area contributed by atoms with Crippen LogP contribution in [0.1, 0.15) is 25.3 Å². The van der Waals surface area contributed by atoms with Gasteiger partial charge in [0.2, 0.25) is 0 Å². The molecule has 1 aliphatic rings. The molecule has 0 aromatic carbocycles. The monoisotopic (exact) mass is 400 g/mol. The van der Waals surface area contributed by atoms with Gasteiger partial charge in [0.05, 0.1) is 27.3 Å². The maximum Gasteiger partial charge on any atom is 0.0976 e. The van der Waals surface area contributed by atoms with E-state index in [1.165, 1.54) is 5.01 Å². The van der Waals surface area contributed by atoms with E-state index in [9.17, 15) is 0 Å². The van der Waals surface area contributed by atoms with Gasteiger partial charge < -0.3 is 20.0 Å². The van der Waals surface area contributed by atoms with Crippen molar-refractivity contribution in [1.29, 1.82) is 0 Å². The second kappa shape index (κ2) is 7.58. The highest BCUT2D eigenvalue weighted by Gasteiger charge is 2.21. The SMILES string of the molecule is C/C(N)=C(\c1cnc2c3cncc(Cl)c3n(CC3CCOCC3)c2c1)N(C)N. The van der Waals surface area contributed by atoms with Crippen molar-refractivity contribution < 1.29 is 4.74 Å². The van der Waals surface area contributed by atoms with E-state index in [0.29, 0.717) is 16.6 Å². The summed E-state index contributed by atoms with van der Waals surface area (Å²) in [6.07, 6.45) is 7.39. The zero-order valence-corrected chi connectivity index (χ0v) is 16.9. The van der Waals surface area contributed by atoms with E-state index < -0.39 is 0 Å². The number of allylic oxidation sites excluding steroid dienone is 1. The van der Waals surface area contributed by atoms with Crippen LogP contribution in [0.2, 0.25) is 5.02 Å². The van der Waals surface area contributed by atoms with Crippen LogP contribution in [0.4, 0.5) is 0 Å². The van der Waals surface area contributed by atoms with E-state index in [4.69, 9.17) is 32.9 Å². The molecule has 0 bridgehead atoms.